The number of nitrogens with zero attached hydrogens (tertiary/aromatic N) is 2. The van der Waals surface area contributed by atoms with Gasteiger partial charge in [0, 0.05) is 0 Å². The summed E-state index contributed by atoms with van der Waals surface area (Å²) in [6.45, 7) is 0.850. The topological polar surface area (TPSA) is 66.9 Å². The van der Waals surface area contributed by atoms with Crippen LogP contribution in [-0.2, 0) is 14.6 Å². The molecule has 0 N–H and O–H groups in total. The Morgan fingerprint density at radius 1 is 1.15 bits per heavy atom. The first-order chi connectivity index (χ1) is 12.8. The lowest BCUT2D eigenvalue weighted by Crippen LogP contribution is -2.33. The van der Waals surface area contributed by atoms with Gasteiger partial charge >= 0.3 is 6.09 Å². The third-order valence-electron chi connectivity index (χ3n) is 4.28. The van der Waals surface area contributed by atoms with Crippen LogP contribution in [0.1, 0.15) is 32.1 Å². The second-order valence-corrected chi connectivity index (χ2v) is 9.35. The Morgan fingerprint density at radius 2 is 1.78 bits per heavy atom. The average Bonchev–Trinajstić information content (AvgIpc) is 2.66. The van der Waals surface area contributed by atoms with E-state index >= 15 is 0 Å². The maximum absolute atomic E-state index is 13.0. The smallest absolute Gasteiger partial charge is 0.397 e. The van der Waals surface area contributed by atoms with E-state index in [9.17, 15) is 13.2 Å². The Morgan fingerprint density at radius 3 is 2.37 bits per heavy atom. The number of ether oxygens (including phenoxy) is 1. The largest absolute Gasteiger partial charge is 0.449 e. The average molecular weight is 417 g/mol. The molecule has 1 aromatic carbocycles. The third-order valence-corrected chi connectivity index (χ3v) is 6.81. The van der Waals surface area contributed by atoms with E-state index in [2.05, 4.69) is 4.90 Å². The van der Waals surface area contributed by atoms with Gasteiger partial charge in [-0.15, -0.1) is 11.6 Å². The minimum Gasteiger partial charge on any atom is -0.449 e. The zero-order valence-electron chi connectivity index (χ0n) is 16.4. The molecule has 0 spiro atoms. The molecule has 0 saturated heterocycles. The molecule has 0 saturated carbocycles. The summed E-state index contributed by atoms with van der Waals surface area (Å²) >= 11 is 5.61. The van der Waals surface area contributed by atoms with E-state index in [0.29, 0.717) is 6.42 Å². The molecule has 0 aliphatic rings. The molecule has 0 bridgehead atoms. The van der Waals surface area contributed by atoms with Gasteiger partial charge in [0.15, 0.2) is 9.84 Å². The Labute approximate surface area is 169 Å². The molecule has 1 rings (SSSR count). The summed E-state index contributed by atoms with van der Waals surface area (Å²) in [7, 11) is 2.00. The molecule has 0 radical (unpaired) electrons. The molecule has 9 heteroatoms. The quantitative estimate of drug-likeness (QED) is 0.227. The first kappa shape index (κ1) is 23.8. The van der Waals surface area contributed by atoms with Gasteiger partial charge < -0.3 is 14.4 Å². The number of unbranched alkanes of at least 4 members (excludes halogenated alkanes) is 3. The van der Waals surface area contributed by atoms with Crippen molar-refractivity contribution in [2.75, 3.05) is 33.3 Å². The predicted molar refractivity (Wildman–Crippen MR) is 112 cm³/mol. The summed E-state index contributed by atoms with van der Waals surface area (Å²) in [5, 5.41) is -0.763. The van der Waals surface area contributed by atoms with Crippen LogP contribution in [0.25, 0.3) is 0 Å². The highest BCUT2D eigenvalue weighted by molar-refractivity contribution is 7.92. The lowest BCUT2D eigenvalue weighted by atomic mass is 10.1. The summed E-state index contributed by atoms with van der Waals surface area (Å²) in [6.07, 6.45) is 3.68. The van der Waals surface area contributed by atoms with Crippen molar-refractivity contribution in [2.45, 2.75) is 42.2 Å². The van der Waals surface area contributed by atoms with Crippen molar-refractivity contribution >= 4 is 35.5 Å². The van der Waals surface area contributed by atoms with E-state index in [4.69, 9.17) is 16.3 Å². The van der Waals surface area contributed by atoms with Gasteiger partial charge in [0.1, 0.15) is 11.9 Å². The lowest BCUT2D eigenvalue weighted by Gasteiger charge is -2.20. The second-order valence-electron chi connectivity index (χ2n) is 6.88. The number of carbonyl (C=O) groups is 1. The van der Waals surface area contributed by atoms with Crippen molar-refractivity contribution in [2.24, 2.45) is 0 Å². The van der Waals surface area contributed by atoms with Crippen LogP contribution < -0.4 is 0 Å². The number of rotatable bonds is 12. The van der Waals surface area contributed by atoms with Crippen molar-refractivity contribution in [1.82, 2.24) is 9.71 Å². The molecule has 0 fully saturated rings. The van der Waals surface area contributed by atoms with Crippen molar-refractivity contribution in [3.05, 3.63) is 30.3 Å². The minimum absolute atomic E-state index is 0.0131. The highest BCUT2D eigenvalue weighted by Crippen LogP contribution is 2.21. The number of benzene rings is 1. The van der Waals surface area contributed by atoms with Gasteiger partial charge in [-0.2, -0.15) is 0 Å². The van der Waals surface area contributed by atoms with E-state index in [1.54, 1.807) is 30.3 Å². The molecule has 0 aliphatic heterocycles. The van der Waals surface area contributed by atoms with Crippen LogP contribution in [0.3, 0.4) is 0 Å². The standard InChI is InChI=1S/C18H30BClN2O4S/c1-21(2)13-9-4-3-6-12-17(14-26-18(23)22(19)15-20)27(24,25)16-10-7-5-8-11-16/h5,7-8,10-11,17H,3-4,6,9,12-15,19H2,1-2H3. The fourth-order valence-corrected chi connectivity index (χ4v) is 4.35. The SMILES string of the molecule is BN(CCl)C(=O)OCC(CCCCCCN(C)C)S(=O)(=O)c1ccccc1. The Kier molecular flexibility index (Phi) is 10.8. The molecule has 152 valence electrons. The first-order valence-corrected chi connectivity index (χ1v) is 11.2. The van der Waals surface area contributed by atoms with Gasteiger partial charge in [-0.05, 0) is 45.6 Å². The molecular weight excluding hydrogens is 387 g/mol. The number of hydrogen-bond donors (Lipinski definition) is 0. The van der Waals surface area contributed by atoms with E-state index in [-0.39, 0.29) is 17.5 Å². The van der Waals surface area contributed by atoms with Crippen molar-refractivity contribution in [1.29, 1.82) is 0 Å². The van der Waals surface area contributed by atoms with Crippen LogP contribution in [0.5, 0.6) is 0 Å². The van der Waals surface area contributed by atoms with Gasteiger partial charge in [-0.3, -0.25) is 0 Å². The van der Waals surface area contributed by atoms with Crippen LogP contribution in [0, 0.1) is 0 Å². The molecule has 0 aliphatic carbocycles. The van der Waals surface area contributed by atoms with Crippen molar-refractivity contribution < 1.29 is 17.9 Å². The molecule has 0 aromatic heterocycles. The molecule has 1 unspecified atom stereocenters. The monoisotopic (exact) mass is 416 g/mol. The summed E-state index contributed by atoms with van der Waals surface area (Å²) in [5.74, 6) is 0. The molecule has 6 nitrogen and oxygen atoms in total. The van der Waals surface area contributed by atoms with Crippen molar-refractivity contribution in [3.63, 3.8) is 0 Å². The van der Waals surface area contributed by atoms with Gasteiger partial charge in [0.25, 0.3) is 0 Å². The van der Waals surface area contributed by atoms with Crippen LogP contribution in [0.4, 0.5) is 4.79 Å². The predicted octanol–water partition coefficient (Wildman–Crippen LogP) is 2.52. The number of sulfone groups is 1. The summed E-state index contributed by atoms with van der Waals surface area (Å²) in [5.41, 5.74) is 0. The van der Waals surface area contributed by atoms with Crippen LogP contribution in [0.2, 0.25) is 0 Å². The Balaban J connectivity index is 2.70. The minimum atomic E-state index is -3.57. The summed E-state index contributed by atoms with van der Waals surface area (Å²) in [6, 6.07) is 8.30. The zero-order valence-corrected chi connectivity index (χ0v) is 18.0. The van der Waals surface area contributed by atoms with Gasteiger partial charge in [-0.25, -0.2) is 13.2 Å². The summed E-state index contributed by atoms with van der Waals surface area (Å²) < 4.78 is 31.1. The Hall–Kier alpha value is -1.25. The maximum Gasteiger partial charge on any atom is 0.397 e. The third kappa shape index (κ3) is 8.53. The molecule has 1 atom stereocenters. The zero-order chi connectivity index (χ0) is 20.3. The second kappa shape index (κ2) is 12.3. The van der Waals surface area contributed by atoms with Crippen LogP contribution >= 0.6 is 11.6 Å². The number of hydrogen-bond acceptors (Lipinski definition) is 5. The van der Waals surface area contributed by atoms with E-state index in [0.717, 1.165) is 32.2 Å². The maximum atomic E-state index is 13.0. The van der Waals surface area contributed by atoms with Crippen molar-refractivity contribution in [3.8, 4) is 0 Å². The van der Waals surface area contributed by atoms with Gasteiger partial charge in [0.05, 0.1) is 10.9 Å². The highest BCUT2D eigenvalue weighted by atomic mass is 35.5. The van der Waals surface area contributed by atoms with E-state index in [1.165, 1.54) is 12.8 Å². The molecule has 1 amide bonds. The highest BCUT2D eigenvalue weighted by Gasteiger charge is 2.28. The van der Waals surface area contributed by atoms with Crippen LogP contribution in [-0.4, -0.2) is 70.7 Å². The van der Waals surface area contributed by atoms with E-state index in [1.807, 2.05) is 14.1 Å². The molecular formula is C18H30BClN2O4S. The van der Waals surface area contributed by atoms with Crippen LogP contribution in [0.15, 0.2) is 35.2 Å². The molecule has 0 heterocycles. The molecule has 27 heavy (non-hydrogen) atoms. The lowest BCUT2D eigenvalue weighted by molar-refractivity contribution is 0.128. The number of amides is 1. The van der Waals surface area contributed by atoms with E-state index < -0.39 is 21.2 Å². The molecule has 1 aromatic rings. The fourth-order valence-electron chi connectivity index (χ4n) is 2.61. The number of alkyl halides is 1. The first-order valence-electron chi connectivity index (χ1n) is 9.16. The number of halogens is 1. The van der Waals surface area contributed by atoms with Gasteiger partial charge in [0.2, 0.25) is 7.98 Å². The normalized spacial score (nSPS) is 12.7. The van der Waals surface area contributed by atoms with Gasteiger partial charge in [-0.1, -0.05) is 37.5 Å². The fraction of sp³-hybridized carbons (Fsp3) is 0.611. The summed E-state index contributed by atoms with van der Waals surface area (Å²) in [4.78, 5) is 15.4. The number of carbonyl (C=O) groups excluding carboxylic acids is 1. The Bertz CT molecular complexity index is 659.